The predicted molar refractivity (Wildman–Crippen MR) is 109 cm³/mol. The second kappa shape index (κ2) is 8.02. The number of carbonyl (C=O) groups is 2. The van der Waals surface area contributed by atoms with Crippen LogP contribution in [0.25, 0.3) is 0 Å². The van der Waals surface area contributed by atoms with Gasteiger partial charge in [0.2, 0.25) is 11.8 Å². The Morgan fingerprint density at radius 3 is 2.39 bits per heavy atom. The Bertz CT molecular complexity index is 1000. The summed E-state index contributed by atoms with van der Waals surface area (Å²) in [6, 6.07) is 11.2. The summed E-state index contributed by atoms with van der Waals surface area (Å²) in [6.07, 6.45) is 1.91. The molecule has 2 N–H and O–H groups in total. The zero-order valence-electron chi connectivity index (χ0n) is 15.9. The van der Waals surface area contributed by atoms with Crippen LogP contribution >= 0.6 is 0 Å². The van der Waals surface area contributed by atoms with Gasteiger partial charge in [-0.1, -0.05) is 13.0 Å². The molecule has 2 amide bonds. The fourth-order valence-corrected chi connectivity index (χ4v) is 4.20. The average molecular weight is 401 g/mol. The molecule has 0 saturated heterocycles. The Morgan fingerprint density at radius 1 is 1.07 bits per heavy atom. The first kappa shape index (κ1) is 19.9. The monoisotopic (exact) mass is 401 g/mol. The highest BCUT2D eigenvalue weighted by Gasteiger charge is 2.23. The van der Waals surface area contributed by atoms with Crippen molar-refractivity contribution >= 4 is 38.9 Å². The van der Waals surface area contributed by atoms with Gasteiger partial charge in [-0.25, -0.2) is 8.42 Å². The molecule has 0 aliphatic carbocycles. The lowest BCUT2D eigenvalue weighted by atomic mass is 10.1. The van der Waals surface area contributed by atoms with Crippen molar-refractivity contribution < 1.29 is 18.0 Å². The second-order valence-electron chi connectivity index (χ2n) is 6.69. The molecule has 1 aliphatic heterocycles. The van der Waals surface area contributed by atoms with E-state index >= 15 is 0 Å². The predicted octanol–water partition coefficient (Wildman–Crippen LogP) is 3.14. The highest BCUT2D eigenvalue weighted by atomic mass is 32.2. The van der Waals surface area contributed by atoms with E-state index < -0.39 is 10.0 Å². The van der Waals surface area contributed by atoms with Gasteiger partial charge in [-0.2, -0.15) is 0 Å². The van der Waals surface area contributed by atoms with Crippen LogP contribution in [0.5, 0.6) is 0 Å². The fraction of sp³-hybridized carbons (Fsp3) is 0.300. The van der Waals surface area contributed by atoms with Crippen molar-refractivity contribution in [3.05, 3.63) is 48.0 Å². The van der Waals surface area contributed by atoms with Gasteiger partial charge in [0.1, 0.15) is 0 Å². The van der Waals surface area contributed by atoms with Crippen LogP contribution in [0.4, 0.5) is 17.1 Å². The molecule has 0 spiro atoms. The number of nitrogens with one attached hydrogen (secondary N) is 2. The van der Waals surface area contributed by atoms with E-state index in [4.69, 9.17) is 0 Å². The minimum absolute atomic E-state index is 0.0699. The third kappa shape index (κ3) is 4.33. The van der Waals surface area contributed by atoms with Crippen LogP contribution in [0.15, 0.2) is 47.4 Å². The van der Waals surface area contributed by atoms with Crippen molar-refractivity contribution in [2.45, 2.75) is 38.0 Å². The van der Waals surface area contributed by atoms with Crippen LogP contribution in [0.2, 0.25) is 0 Å². The maximum Gasteiger partial charge on any atom is 0.261 e. The van der Waals surface area contributed by atoms with Crippen LogP contribution in [0.1, 0.15) is 32.3 Å². The maximum atomic E-state index is 12.7. The molecule has 28 heavy (non-hydrogen) atoms. The summed E-state index contributed by atoms with van der Waals surface area (Å²) in [7, 11) is -3.79. The molecule has 0 aromatic heterocycles. The van der Waals surface area contributed by atoms with Crippen molar-refractivity contribution in [1.29, 1.82) is 0 Å². The minimum Gasteiger partial charge on any atom is -0.326 e. The van der Waals surface area contributed by atoms with Gasteiger partial charge in [-0.05, 0) is 54.8 Å². The van der Waals surface area contributed by atoms with E-state index in [0.717, 1.165) is 24.1 Å². The summed E-state index contributed by atoms with van der Waals surface area (Å²) >= 11 is 0. The molecule has 0 unspecified atom stereocenters. The maximum absolute atomic E-state index is 12.7. The van der Waals surface area contributed by atoms with Crippen molar-refractivity contribution in [3.8, 4) is 0 Å². The molecule has 0 radical (unpaired) electrons. The van der Waals surface area contributed by atoms with Crippen molar-refractivity contribution in [1.82, 2.24) is 0 Å². The smallest absolute Gasteiger partial charge is 0.261 e. The van der Waals surface area contributed by atoms with E-state index in [1.54, 1.807) is 29.2 Å². The average Bonchev–Trinajstić information content (AvgIpc) is 3.05. The number of nitrogens with zero attached hydrogens (tertiary/aromatic N) is 1. The van der Waals surface area contributed by atoms with Gasteiger partial charge < -0.3 is 10.2 Å². The molecule has 7 nitrogen and oxygen atoms in total. The number of benzene rings is 2. The van der Waals surface area contributed by atoms with Gasteiger partial charge >= 0.3 is 0 Å². The summed E-state index contributed by atoms with van der Waals surface area (Å²) in [5, 5.41) is 2.72. The molecule has 0 saturated carbocycles. The van der Waals surface area contributed by atoms with Gasteiger partial charge in [0.05, 0.1) is 10.6 Å². The number of hydrogen-bond donors (Lipinski definition) is 2. The van der Waals surface area contributed by atoms with Crippen LogP contribution in [-0.4, -0.2) is 26.8 Å². The second-order valence-corrected chi connectivity index (χ2v) is 8.37. The molecule has 0 bridgehead atoms. The fourth-order valence-electron chi connectivity index (χ4n) is 3.15. The molecule has 0 fully saturated rings. The number of fused-ring (bicyclic) bond motifs is 1. The molecule has 0 atom stereocenters. The first-order chi connectivity index (χ1) is 13.3. The first-order valence-corrected chi connectivity index (χ1v) is 10.6. The van der Waals surface area contributed by atoms with E-state index in [1.165, 1.54) is 19.1 Å². The number of carbonyl (C=O) groups excluding carboxylic acids is 2. The Kier molecular flexibility index (Phi) is 5.69. The Balaban J connectivity index is 1.76. The molecular weight excluding hydrogens is 378 g/mol. The summed E-state index contributed by atoms with van der Waals surface area (Å²) in [5.74, 6) is -0.177. The molecule has 3 rings (SSSR count). The van der Waals surface area contributed by atoms with E-state index in [2.05, 4.69) is 10.0 Å². The standard InChI is InChI=1S/C20H23N3O4S/c1-3-4-20(25)21-16-7-9-18(10-8-16)28(26,27)22-17-6-5-15-11-12-23(14(2)24)19(15)13-17/h5-10,13,22H,3-4,11-12H2,1-2H3,(H,21,25). The summed E-state index contributed by atoms with van der Waals surface area (Å²) < 4.78 is 27.9. The number of anilines is 3. The van der Waals surface area contributed by atoms with Gasteiger partial charge in [-0.3, -0.25) is 14.3 Å². The summed E-state index contributed by atoms with van der Waals surface area (Å²) in [5.41, 5.74) is 2.70. The Hall–Kier alpha value is -2.87. The van der Waals surface area contributed by atoms with Gasteiger partial charge in [0, 0.05) is 31.3 Å². The number of amides is 2. The van der Waals surface area contributed by atoms with E-state index in [0.29, 0.717) is 24.3 Å². The van der Waals surface area contributed by atoms with Crippen LogP contribution in [0.3, 0.4) is 0 Å². The highest BCUT2D eigenvalue weighted by Crippen LogP contribution is 2.31. The zero-order valence-corrected chi connectivity index (χ0v) is 16.7. The minimum atomic E-state index is -3.79. The molecular formula is C20H23N3O4S. The molecule has 1 aliphatic rings. The van der Waals surface area contributed by atoms with Crippen molar-refractivity contribution in [3.63, 3.8) is 0 Å². The molecule has 2 aromatic carbocycles. The molecule has 148 valence electrons. The molecule has 1 heterocycles. The molecule has 2 aromatic rings. The van der Waals surface area contributed by atoms with Gasteiger partial charge in [0.25, 0.3) is 10.0 Å². The Labute approximate surface area is 164 Å². The summed E-state index contributed by atoms with van der Waals surface area (Å²) in [6.45, 7) is 4.01. The van der Waals surface area contributed by atoms with E-state index in [-0.39, 0.29) is 16.7 Å². The lowest BCUT2D eigenvalue weighted by molar-refractivity contribution is -0.117. The number of hydrogen-bond acceptors (Lipinski definition) is 4. The van der Waals surface area contributed by atoms with Gasteiger partial charge in [-0.15, -0.1) is 0 Å². The zero-order chi connectivity index (χ0) is 20.3. The lowest BCUT2D eigenvalue weighted by Gasteiger charge is -2.16. The summed E-state index contributed by atoms with van der Waals surface area (Å²) in [4.78, 5) is 25.1. The number of rotatable bonds is 6. The highest BCUT2D eigenvalue weighted by molar-refractivity contribution is 7.92. The number of sulfonamides is 1. The third-order valence-electron chi connectivity index (χ3n) is 4.54. The lowest BCUT2D eigenvalue weighted by Crippen LogP contribution is -2.25. The van der Waals surface area contributed by atoms with E-state index in [1.807, 2.05) is 13.0 Å². The van der Waals surface area contributed by atoms with Crippen LogP contribution in [-0.2, 0) is 26.0 Å². The van der Waals surface area contributed by atoms with Crippen LogP contribution in [0, 0.1) is 0 Å². The van der Waals surface area contributed by atoms with Crippen molar-refractivity contribution in [2.75, 3.05) is 21.5 Å². The van der Waals surface area contributed by atoms with Crippen LogP contribution < -0.4 is 14.9 Å². The quantitative estimate of drug-likeness (QED) is 0.777. The third-order valence-corrected chi connectivity index (χ3v) is 5.94. The van der Waals surface area contributed by atoms with E-state index in [9.17, 15) is 18.0 Å². The SMILES string of the molecule is CCCC(=O)Nc1ccc(S(=O)(=O)Nc2ccc3c(c2)N(C(C)=O)CC3)cc1. The van der Waals surface area contributed by atoms with Gasteiger partial charge in [0.15, 0.2) is 0 Å². The van der Waals surface area contributed by atoms with Crippen molar-refractivity contribution in [2.24, 2.45) is 0 Å². The molecule has 8 heteroatoms. The Morgan fingerprint density at radius 2 is 1.75 bits per heavy atom. The first-order valence-electron chi connectivity index (χ1n) is 9.14. The largest absolute Gasteiger partial charge is 0.326 e. The topological polar surface area (TPSA) is 95.6 Å². The normalized spacial score (nSPS) is 13.1.